The molecule has 1 aromatic rings. The molecule has 1 saturated heterocycles. The van der Waals surface area contributed by atoms with Crippen LogP contribution in [0.2, 0.25) is 0 Å². The molecule has 1 aliphatic heterocycles. The van der Waals surface area contributed by atoms with Crippen molar-refractivity contribution in [2.45, 2.75) is 44.2 Å². The van der Waals surface area contributed by atoms with Crippen molar-refractivity contribution in [3.05, 3.63) is 17.0 Å². The highest BCUT2D eigenvalue weighted by Crippen LogP contribution is 2.29. The molecular formula is C13H19BrN4. The summed E-state index contributed by atoms with van der Waals surface area (Å²) < 4.78 is 1.00. The van der Waals surface area contributed by atoms with Gasteiger partial charge in [0.2, 0.25) is 0 Å². The third-order valence-electron chi connectivity index (χ3n) is 3.77. The van der Waals surface area contributed by atoms with Crippen molar-refractivity contribution in [1.82, 2.24) is 15.3 Å². The Morgan fingerprint density at radius 1 is 1.33 bits per heavy atom. The minimum Gasteiger partial charge on any atom is -0.351 e. The molecule has 1 saturated carbocycles. The average Bonchev–Trinajstić information content (AvgIpc) is 3.22. The second kappa shape index (κ2) is 5.53. The van der Waals surface area contributed by atoms with Crippen molar-refractivity contribution in [1.29, 1.82) is 0 Å². The molecule has 0 radical (unpaired) electrons. The van der Waals surface area contributed by atoms with Crippen LogP contribution in [0.3, 0.4) is 0 Å². The quantitative estimate of drug-likeness (QED) is 0.927. The number of nitrogens with zero attached hydrogens (tertiary/aromatic N) is 3. The molecule has 2 aliphatic rings. The lowest BCUT2D eigenvalue weighted by molar-refractivity contribution is 0.431. The fourth-order valence-corrected chi connectivity index (χ4v) is 3.05. The van der Waals surface area contributed by atoms with E-state index < -0.39 is 0 Å². The van der Waals surface area contributed by atoms with E-state index in [9.17, 15) is 0 Å². The van der Waals surface area contributed by atoms with E-state index in [2.05, 4.69) is 36.1 Å². The first kappa shape index (κ1) is 12.4. The molecule has 2 fully saturated rings. The van der Waals surface area contributed by atoms with Crippen LogP contribution in [-0.4, -0.2) is 35.1 Å². The van der Waals surface area contributed by atoms with Gasteiger partial charge in [0, 0.05) is 31.4 Å². The first-order valence-electron chi connectivity index (χ1n) is 6.80. The molecule has 18 heavy (non-hydrogen) atoms. The molecule has 98 valence electrons. The van der Waals surface area contributed by atoms with Gasteiger partial charge in [0.1, 0.15) is 12.1 Å². The monoisotopic (exact) mass is 310 g/mol. The van der Waals surface area contributed by atoms with Crippen LogP contribution >= 0.6 is 15.9 Å². The van der Waals surface area contributed by atoms with Crippen LogP contribution in [-0.2, 0) is 0 Å². The van der Waals surface area contributed by atoms with Gasteiger partial charge in [-0.05, 0) is 48.0 Å². The van der Waals surface area contributed by atoms with Gasteiger partial charge in [-0.1, -0.05) is 0 Å². The smallest absolute Gasteiger partial charge is 0.146 e. The minimum atomic E-state index is 0.575. The fraction of sp³-hybridized carbons (Fsp3) is 0.692. The Labute approximate surface area is 116 Å². The standard InChI is InChI=1S/C13H19BrN4/c14-12-8-15-9-17-13(12)18-6-2-1-3-11(18)7-16-10-4-5-10/h8-11,16H,1-7H2. The van der Waals surface area contributed by atoms with E-state index in [4.69, 9.17) is 0 Å². The zero-order valence-corrected chi connectivity index (χ0v) is 12.1. The highest BCUT2D eigenvalue weighted by atomic mass is 79.9. The zero-order chi connectivity index (χ0) is 12.4. The second-order valence-electron chi connectivity index (χ2n) is 5.22. The van der Waals surface area contributed by atoms with Gasteiger partial charge in [-0.25, -0.2) is 9.97 Å². The number of nitrogens with one attached hydrogen (secondary N) is 1. The lowest BCUT2D eigenvalue weighted by atomic mass is 10.0. The molecular weight excluding hydrogens is 292 g/mol. The molecule has 0 bridgehead atoms. The molecule has 1 N–H and O–H groups in total. The largest absolute Gasteiger partial charge is 0.351 e. The van der Waals surface area contributed by atoms with Gasteiger partial charge in [0.05, 0.1) is 4.47 Å². The van der Waals surface area contributed by atoms with Gasteiger partial charge in [-0.3, -0.25) is 0 Å². The number of hydrogen-bond donors (Lipinski definition) is 1. The van der Waals surface area contributed by atoms with Crippen LogP contribution in [0.25, 0.3) is 0 Å². The molecule has 0 spiro atoms. The van der Waals surface area contributed by atoms with E-state index >= 15 is 0 Å². The van der Waals surface area contributed by atoms with Crippen LogP contribution < -0.4 is 10.2 Å². The Morgan fingerprint density at radius 3 is 3.00 bits per heavy atom. The minimum absolute atomic E-state index is 0.575. The van der Waals surface area contributed by atoms with Crippen LogP contribution in [0, 0.1) is 0 Å². The van der Waals surface area contributed by atoms with Crippen molar-refractivity contribution < 1.29 is 0 Å². The average molecular weight is 311 g/mol. The number of hydrogen-bond acceptors (Lipinski definition) is 4. The molecule has 0 amide bonds. The summed E-state index contributed by atoms with van der Waals surface area (Å²) >= 11 is 3.56. The van der Waals surface area contributed by atoms with Gasteiger partial charge in [0.25, 0.3) is 0 Å². The summed E-state index contributed by atoms with van der Waals surface area (Å²) in [6, 6.07) is 1.35. The number of halogens is 1. The molecule has 0 aromatic carbocycles. The lowest BCUT2D eigenvalue weighted by Crippen LogP contribution is -2.46. The SMILES string of the molecule is Brc1cncnc1N1CCCCC1CNC1CC1. The van der Waals surface area contributed by atoms with Crippen LogP contribution in [0.5, 0.6) is 0 Å². The van der Waals surface area contributed by atoms with Crippen molar-refractivity contribution >= 4 is 21.7 Å². The third kappa shape index (κ3) is 2.83. The highest BCUT2D eigenvalue weighted by molar-refractivity contribution is 9.10. The maximum absolute atomic E-state index is 4.44. The zero-order valence-electron chi connectivity index (χ0n) is 10.5. The molecule has 5 heteroatoms. The van der Waals surface area contributed by atoms with Crippen LogP contribution in [0.4, 0.5) is 5.82 Å². The van der Waals surface area contributed by atoms with Crippen LogP contribution in [0.15, 0.2) is 17.0 Å². The second-order valence-corrected chi connectivity index (χ2v) is 6.07. The molecule has 3 rings (SSSR count). The van der Waals surface area contributed by atoms with Crippen molar-refractivity contribution in [2.24, 2.45) is 0 Å². The van der Waals surface area contributed by atoms with Gasteiger partial charge in [-0.2, -0.15) is 0 Å². The van der Waals surface area contributed by atoms with E-state index in [0.717, 1.165) is 29.4 Å². The number of aromatic nitrogens is 2. The molecule has 4 nitrogen and oxygen atoms in total. The van der Waals surface area contributed by atoms with E-state index in [0.29, 0.717) is 6.04 Å². The Morgan fingerprint density at radius 2 is 2.22 bits per heavy atom. The van der Waals surface area contributed by atoms with Crippen LogP contribution in [0.1, 0.15) is 32.1 Å². The van der Waals surface area contributed by atoms with Gasteiger partial charge in [0.15, 0.2) is 0 Å². The molecule has 1 aliphatic carbocycles. The summed E-state index contributed by atoms with van der Waals surface area (Å²) in [4.78, 5) is 10.9. The normalized spacial score (nSPS) is 24.3. The van der Waals surface area contributed by atoms with E-state index in [1.54, 1.807) is 6.33 Å². The molecule has 1 aromatic heterocycles. The number of rotatable bonds is 4. The Hall–Kier alpha value is -0.680. The summed E-state index contributed by atoms with van der Waals surface area (Å²) in [6.45, 7) is 2.19. The van der Waals surface area contributed by atoms with E-state index in [-0.39, 0.29) is 0 Å². The predicted octanol–water partition coefficient (Wildman–Crippen LogP) is 2.35. The van der Waals surface area contributed by atoms with Crippen molar-refractivity contribution in [3.63, 3.8) is 0 Å². The number of piperidine rings is 1. The molecule has 1 atom stereocenters. The molecule has 1 unspecified atom stereocenters. The maximum atomic E-state index is 4.44. The van der Waals surface area contributed by atoms with Crippen molar-refractivity contribution in [2.75, 3.05) is 18.0 Å². The Balaban J connectivity index is 1.71. The lowest BCUT2D eigenvalue weighted by Gasteiger charge is -2.37. The fourth-order valence-electron chi connectivity index (χ4n) is 2.60. The van der Waals surface area contributed by atoms with Gasteiger partial charge in [-0.15, -0.1) is 0 Å². The topological polar surface area (TPSA) is 41.1 Å². The van der Waals surface area contributed by atoms with Gasteiger partial charge < -0.3 is 10.2 Å². The van der Waals surface area contributed by atoms with Gasteiger partial charge >= 0.3 is 0 Å². The summed E-state index contributed by atoms with van der Waals surface area (Å²) in [5.41, 5.74) is 0. The summed E-state index contributed by atoms with van der Waals surface area (Å²) in [6.07, 6.45) is 10.0. The number of anilines is 1. The first-order valence-corrected chi connectivity index (χ1v) is 7.59. The highest BCUT2D eigenvalue weighted by Gasteiger charge is 2.27. The van der Waals surface area contributed by atoms with E-state index in [1.165, 1.54) is 32.1 Å². The predicted molar refractivity (Wildman–Crippen MR) is 75.7 cm³/mol. The first-order chi connectivity index (χ1) is 8.84. The summed E-state index contributed by atoms with van der Waals surface area (Å²) in [7, 11) is 0. The Bertz CT molecular complexity index is 408. The van der Waals surface area contributed by atoms with Crippen molar-refractivity contribution in [3.8, 4) is 0 Å². The molecule has 2 heterocycles. The van der Waals surface area contributed by atoms with E-state index in [1.807, 2.05) is 6.20 Å². The third-order valence-corrected chi connectivity index (χ3v) is 4.33. The Kier molecular flexibility index (Phi) is 3.80. The summed E-state index contributed by atoms with van der Waals surface area (Å²) in [5.74, 6) is 1.05. The summed E-state index contributed by atoms with van der Waals surface area (Å²) in [5, 5.41) is 3.65. The maximum Gasteiger partial charge on any atom is 0.146 e.